The smallest absolute Gasteiger partial charge is 0.310 e. The first-order valence-electron chi connectivity index (χ1n) is 7.83. The summed E-state index contributed by atoms with van der Waals surface area (Å²) in [6, 6.07) is 0.00951. The summed E-state index contributed by atoms with van der Waals surface area (Å²) in [7, 11) is 0. The molecular weight excluding hydrogens is 238 g/mol. The molecule has 110 valence electrons. The number of nitrogens with two attached hydrogens (primary N) is 1. The number of carbonyl (C=O) groups excluding carboxylic acids is 1. The summed E-state index contributed by atoms with van der Waals surface area (Å²) in [5.74, 6) is 0.540. The van der Waals surface area contributed by atoms with Gasteiger partial charge in [0, 0.05) is 6.04 Å². The molecular formula is C16H29NO2. The number of ether oxygens (including phenoxy) is 1. The van der Waals surface area contributed by atoms with E-state index in [1.807, 2.05) is 0 Å². The van der Waals surface area contributed by atoms with Gasteiger partial charge in [-0.2, -0.15) is 0 Å². The Hall–Kier alpha value is -0.570. The lowest BCUT2D eigenvalue weighted by molar-refractivity contribution is -0.160. The van der Waals surface area contributed by atoms with Crippen molar-refractivity contribution in [2.45, 2.75) is 77.9 Å². The Labute approximate surface area is 117 Å². The summed E-state index contributed by atoms with van der Waals surface area (Å²) in [4.78, 5) is 12.3. The van der Waals surface area contributed by atoms with E-state index in [9.17, 15) is 4.79 Å². The van der Waals surface area contributed by atoms with Gasteiger partial charge in [0.05, 0.1) is 5.92 Å². The standard InChI is InChI=1S/C16H29NO2/c1-11-8-12(10-16(2,3)9-11)19-15(18)13-6-4-5-7-14(13)17/h11-14H,4-10,17H2,1-3H3. The maximum Gasteiger partial charge on any atom is 0.310 e. The van der Waals surface area contributed by atoms with E-state index >= 15 is 0 Å². The number of esters is 1. The Morgan fingerprint density at radius 1 is 1.21 bits per heavy atom. The van der Waals surface area contributed by atoms with E-state index in [0.29, 0.717) is 5.92 Å². The van der Waals surface area contributed by atoms with Crippen LogP contribution in [0.25, 0.3) is 0 Å². The van der Waals surface area contributed by atoms with Crippen LogP contribution in [0.3, 0.4) is 0 Å². The third-order valence-corrected chi connectivity index (χ3v) is 4.75. The van der Waals surface area contributed by atoms with Crippen molar-refractivity contribution >= 4 is 5.97 Å². The molecule has 0 bridgehead atoms. The topological polar surface area (TPSA) is 52.3 Å². The zero-order valence-corrected chi connectivity index (χ0v) is 12.7. The summed E-state index contributed by atoms with van der Waals surface area (Å²) in [5, 5.41) is 0. The molecule has 0 radical (unpaired) electrons. The summed E-state index contributed by atoms with van der Waals surface area (Å²) < 4.78 is 5.79. The number of hydrogen-bond acceptors (Lipinski definition) is 3. The first-order chi connectivity index (χ1) is 8.87. The minimum absolute atomic E-state index is 0.00951. The van der Waals surface area contributed by atoms with Crippen LogP contribution >= 0.6 is 0 Å². The number of hydrogen-bond donors (Lipinski definition) is 1. The van der Waals surface area contributed by atoms with E-state index in [0.717, 1.165) is 38.5 Å². The SMILES string of the molecule is CC1CC(OC(=O)C2CCCCC2N)CC(C)(C)C1. The van der Waals surface area contributed by atoms with Gasteiger partial charge in [-0.05, 0) is 43.4 Å². The van der Waals surface area contributed by atoms with Gasteiger partial charge in [0.1, 0.15) is 6.10 Å². The molecule has 0 heterocycles. The lowest BCUT2D eigenvalue weighted by Gasteiger charge is -2.39. The largest absolute Gasteiger partial charge is 0.462 e. The van der Waals surface area contributed by atoms with Crippen LogP contribution in [0.15, 0.2) is 0 Å². The quantitative estimate of drug-likeness (QED) is 0.781. The summed E-state index contributed by atoms with van der Waals surface area (Å²) in [6.07, 6.45) is 7.46. The Bertz CT molecular complexity index is 327. The minimum atomic E-state index is -0.0610. The van der Waals surface area contributed by atoms with Gasteiger partial charge in [-0.25, -0.2) is 0 Å². The minimum Gasteiger partial charge on any atom is -0.462 e. The second kappa shape index (κ2) is 5.82. The summed E-state index contributed by atoms with van der Waals surface area (Å²) in [6.45, 7) is 6.81. The van der Waals surface area contributed by atoms with Crippen molar-refractivity contribution in [1.29, 1.82) is 0 Å². The van der Waals surface area contributed by atoms with E-state index in [-0.39, 0.29) is 29.4 Å². The van der Waals surface area contributed by atoms with Crippen LogP contribution in [-0.2, 0) is 9.53 Å². The van der Waals surface area contributed by atoms with Crippen molar-refractivity contribution < 1.29 is 9.53 Å². The maximum atomic E-state index is 12.3. The van der Waals surface area contributed by atoms with Crippen LogP contribution in [-0.4, -0.2) is 18.1 Å². The Morgan fingerprint density at radius 3 is 2.53 bits per heavy atom. The van der Waals surface area contributed by atoms with Crippen LogP contribution < -0.4 is 5.73 Å². The van der Waals surface area contributed by atoms with Crippen LogP contribution in [0.4, 0.5) is 0 Å². The molecule has 2 saturated carbocycles. The predicted molar refractivity (Wildman–Crippen MR) is 76.6 cm³/mol. The lowest BCUT2D eigenvalue weighted by atomic mass is 9.71. The zero-order valence-electron chi connectivity index (χ0n) is 12.7. The molecule has 0 saturated heterocycles. The monoisotopic (exact) mass is 267 g/mol. The van der Waals surface area contributed by atoms with Gasteiger partial charge in [0.25, 0.3) is 0 Å². The van der Waals surface area contributed by atoms with Gasteiger partial charge >= 0.3 is 5.97 Å². The van der Waals surface area contributed by atoms with Crippen LogP contribution in [0.1, 0.15) is 65.7 Å². The first-order valence-corrected chi connectivity index (χ1v) is 7.83. The van der Waals surface area contributed by atoms with Gasteiger partial charge in [-0.1, -0.05) is 33.6 Å². The highest BCUT2D eigenvalue weighted by molar-refractivity contribution is 5.73. The van der Waals surface area contributed by atoms with E-state index in [1.165, 1.54) is 6.42 Å². The fourth-order valence-electron chi connectivity index (χ4n) is 4.05. The van der Waals surface area contributed by atoms with Crippen molar-refractivity contribution in [1.82, 2.24) is 0 Å². The molecule has 3 nitrogen and oxygen atoms in total. The molecule has 2 aliphatic rings. The van der Waals surface area contributed by atoms with Crippen LogP contribution in [0.2, 0.25) is 0 Å². The molecule has 19 heavy (non-hydrogen) atoms. The second-order valence-corrected chi connectivity index (χ2v) is 7.53. The number of carbonyl (C=O) groups is 1. The third-order valence-electron chi connectivity index (χ3n) is 4.75. The third kappa shape index (κ3) is 3.95. The van der Waals surface area contributed by atoms with E-state index in [2.05, 4.69) is 20.8 Å². The highest BCUT2D eigenvalue weighted by atomic mass is 16.5. The lowest BCUT2D eigenvalue weighted by Crippen LogP contribution is -2.42. The van der Waals surface area contributed by atoms with Crippen molar-refractivity contribution in [3.8, 4) is 0 Å². The molecule has 0 spiro atoms. The maximum absolute atomic E-state index is 12.3. The van der Waals surface area contributed by atoms with Gasteiger partial charge in [0.2, 0.25) is 0 Å². The highest BCUT2D eigenvalue weighted by Crippen LogP contribution is 2.40. The normalized spacial score (nSPS) is 38.7. The average molecular weight is 267 g/mol. The van der Waals surface area contributed by atoms with Gasteiger partial charge in [0.15, 0.2) is 0 Å². The van der Waals surface area contributed by atoms with Gasteiger partial charge in [-0.15, -0.1) is 0 Å². The second-order valence-electron chi connectivity index (χ2n) is 7.53. The van der Waals surface area contributed by atoms with Crippen molar-refractivity contribution in [2.75, 3.05) is 0 Å². The van der Waals surface area contributed by atoms with E-state index in [4.69, 9.17) is 10.5 Å². The Morgan fingerprint density at radius 2 is 1.89 bits per heavy atom. The molecule has 4 unspecified atom stereocenters. The average Bonchev–Trinajstić information content (AvgIpc) is 2.26. The van der Waals surface area contributed by atoms with Crippen LogP contribution in [0, 0.1) is 17.3 Å². The Kier molecular flexibility index (Phi) is 4.54. The fourth-order valence-corrected chi connectivity index (χ4v) is 4.05. The fraction of sp³-hybridized carbons (Fsp3) is 0.938. The van der Waals surface area contributed by atoms with E-state index < -0.39 is 0 Å². The highest BCUT2D eigenvalue weighted by Gasteiger charge is 2.36. The summed E-state index contributed by atoms with van der Waals surface area (Å²) in [5.41, 5.74) is 6.35. The van der Waals surface area contributed by atoms with Gasteiger partial charge < -0.3 is 10.5 Å². The van der Waals surface area contributed by atoms with E-state index in [1.54, 1.807) is 0 Å². The molecule has 3 heteroatoms. The molecule has 2 N–H and O–H groups in total. The van der Waals surface area contributed by atoms with Crippen molar-refractivity contribution in [2.24, 2.45) is 23.0 Å². The molecule has 2 fully saturated rings. The molecule has 0 amide bonds. The van der Waals surface area contributed by atoms with Gasteiger partial charge in [-0.3, -0.25) is 4.79 Å². The summed E-state index contributed by atoms with van der Waals surface area (Å²) >= 11 is 0. The molecule has 0 aromatic rings. The molecule has 0 aromatic carbocycles. The number of rotatable bonds is 2. The molecule has 0 aromatic heterocycles. The zero-order chi connectivity index (χ0) is 14.0. The van der Waals surface area contributed by atoms with Crippen molar-refractivity contribution in [3.63, 3.8) is 0 Å². The van der Waals surface area contributed by atoms with Crippen molar-refractivity contribution in [3.05, 3.63) is 0 Å². The molecule has 2 aliphatic carbocycles. The molecule has 0 aliphatic heterocycles. The predicted octanol–water partition coefficient (Wildman–Crippen LogP) is 3.26. The first kappa shape index (κ1) is 14.8. The molecule has 2 rings (SSSR count). The van der Waals surface area contributed by atoms with Crippen LogP contribution in [0.5, 0.6) is 0 Å². The molecule has 4 atom stereocenters. The Balaban J connectivity index is 1.91.